The minimum absolute atomic E-state index is 0.765. The molecule has 16 heavy (non-hydrogen) atoms. The monoisotopic (exact) mass is 231 g/mol. The molecular weight excluding hydrogens is 218 g/mol. The third-order valence-electron chi connectivity index (χ3n) is 2.64. The molecule has 0 spiro atoms. The summed E-state index contributed by atoms with van der Waals surface area (Å²) in [5.41, 5.74) is 3.58. The van der Waals surface area contributed by atoms with E-state index in [2.05, 4.69) is 36.1 Å². The van der Waals surface area contributed by atoms with Crippen LogP contribution in [-0.2, 0) is 0 Å². The number of rotatable bonds is 2. The summed E-state index contributed by atoms with van der Waals surface area (Å²) >= 11 is 5.86. The molecule has 0 aliphatic carbocycles. The first-order valence-corrected chi connectivity index (χ1v) is 5.60. The van der Waals surface area contributed by atoms with Crippen LogP contribution in [0.25, 0.3) is 0 Å². The van der Waals surface area contributed by atoms with Gasteiger partial charge in [0.1, 0.15) is 0 Å². The Kier molecular flexibility index (Phi) is 3.16. The molecule has 2 aromatic carbocycles. The summed E-state index contributed by atoms with van der Waals surface area (Å²) in [5, 5.41) is 0.765. The van der Waals surface area contributed by atoms with E-state index in [4.69, 9.17) is 11.6 Å². The molecule has 0 unspecified atom stereocenters. The van der Waals surface area contributed by atoms with Gasteiger partial charge in [0.25, 0.3) is 0 Å². The number of nitrogens with zero attached hydrogens (tertiary/aromatic N) is 1. The van der Waals surface area contributed by atoms with Crippen LogP contribution in [0.2, 0.25) is 5.02 Å². The number of anilines is 2. The molecule has 0 saturated heterocycles. The number of halogens is 1. The fourth-order valence-electron chi connectivity index (χ4n) is 1.58. The smallest absolute Gasteiger partial charge is 0.0409 e. The Morgan fingerprint density at radius 1 is 0.812 bits per heavy atom. The first-order chi connectivity index (χ1) is 7.66. The molecule has 0 saturated carbocycles. The zero-order chi connectivity index (χ0) is 11.5. The molecule has 0 N–H and O–H groups in total. The maximum atomic E-state index is 5.86. The van der Waals surface area contributed by atoms with E-state index in [1.54, 1.807) is 0 Å². The average molecular weight is 232 g/mol. The van der Waals surface area contributed by atoms with E-state index in [9.17, 15) is 0 Å². The zero-order valence-corrected chi connectivity index (χ0v) is 10.2. The minimum atomic E-state index is 0.765. The molecule has 0 radical (unpaired) electrons. The van der Waals surface area contributed by atoms with E-state index >= 15 is 0 Å². The van der Waals surface area contributed by atoms with Crippen molar-refractivity contribution < 1.29 is 0 Å². The molecule has 2 heteroatoms. The second-order valence-electron chi connectivity index (χ2n) is 3.87. The Balaban J connectivity index is 2.28. The van der Waals surface area contributed by atoms with E-state index in [1.165, 1.54) is 11.3 Å². The standard InChI is InChI=1S/C14H14ClN/c1-11-3-7-13(8-4-11)16(2)14-9-5-12(15)6-10-14/h3-10H,1-2H3. The van der Waals surface area contributed by atoms with Gasteiger partial charge in [-0.15, -0.1) is 0 Å². The molecule has 0 fully saturated rings. The van der Waals surface area contributed by atoms with Gasteiger partial charge in [0.2, 0.25) is 0 Å². The number of benzene rings is 2. The molecule has 0 amide bonds. The van der Waals surface area contributed by atoms with Gasteiger partial charge in [-0.1, -0.05) is 29.3 Å². The van der Waals surface area contributed by atoms with Gasteiger partial charge in [0, 0.05) is 23.4 Å². The highest BCUT2D eigenvalue weighted by molar-refractivity contribution is 6.30. The third kappa shape index (κ3) is 2.37. The van der Waals surface area contributed by atoms with E-state index < -0.39 is 0 Å². The summed E-state index contributed by atoms with van der Waals surface area (Å²) in [7, 11) is 2.05. The van der Waals surface area contributed by atoms with Crippen molar-refractivity contribution in [1.82, 2.24) is 0 Å². The Morgan fingerprint density at radius 2 is 1.25 bits per heavy atom. The second-order valence-corrected chi connectivity index (χ2v) is 4.31. The van der Waals surface area contributed by atoms with Gasteiger partial charge in [-0.3, -0.25) is 0 Å². The molecule has 0 aliphatic rings. The van der Waals surface area contributed by atoms with Gasteiger partial charge in [0.15, 0.2) is 0 Å². The van der Waals surface area contributed by atoms with Crippen molar-refractivity contribution in [2.45, 2.75) is 6.92 Å². The van der Waals surface area contributed by atoms with Crippen LogP contribution in [0.1, 0.15) is 5.56 Å². The third-order valence-corrected chi connectivity index (χ3v) is 2.89. The minimum Gasteiger partial charge on any atom is -0.345 e. The molecular formula is C14H14ClN. The van der Waals surface area contributed by atoms with Gasteiger partial charge in [-0.2, -0.15) is 0 Å². The fraction of sp³-hybridized carbons (Fsp3) is 0.143. The van der Waals surface area contributed by atoms with Gasteiger partial charge in [-0.05, 0) is 43.3 Å². The van der Waals surface area contributed by atoms with Crippen LogP contribution in [0.4, 0.5) is 11.4 Å². The molecule has 2 rings (SSSR count). The highest BCUT2D eigenvalue weighted by Crippen LogP contribution is 2.24. The maximum absolute atomic E-state index is 5.86. The highest BCUT2D eigenvalue weighted by Gasteiger charge is 2.02. The summed E-state index contributed by atoms with van der Waals surface area (Å²) < 4.78 is 0. The average Bonchev–Trinajstić information content (AvgIpc) is 2.30. The van der Waals surface area contributed by atoms with Crippen molar-refractivity contribution >= 4 is 23.0 Å². The lowest BCUT2D eigenvalue weighted by Gasteiger charge is -2.19. The second kappa shape index (κ2) is 4.58. The Morgan fingerprint density at radius 3 is 1.75 bits per heavy atom. The Bertz CT molecular complexity index is 414. The lowest BCUT2D eigenvalue weighted by Crippen LogP contribution is -2.08. The van der Waals surface area contributed by atoms with Crippen LogP contribution in [0.15, 0.2) is 48.5 Å². The molecule has 1 nitrogen and oxygen atoms in total. The van der Waals surface area contributed by atoms with Crippen LogP contribution in [0, 0.1) is 6.92 Å². The zero-order valence-electron chi connectivity index (χ0n) is 9.44. The molecule has 2 aromatic rings. The Hall–Kier alpha value is -1.47. The van der Waals surface area contributed by atoms with Crippen molar-refractivity contribution in [3.63, 3.8) is 0 Å². The lowest BCUT2D eigenvalue weighted by atomic mass is 10.2. The van der Waals surface area contributed by atoms with Gasteiger partial charge < -0.3 is 4.90 Å². The van der Waals surface area contributed by atoms with Crippen LogP contribution >= 0.6 is 11.6 Å². The Labute approximate surface area is 101 Å². The molecule has 0 atom stereocenters. The largest absolute Gasteiger partial charge is 0.345 e. The SMILES string of the molecule is Cc1ccc(N(C)c2ccc(Cl)cc2)cc1. The van der Waals surface area contributed by atoms with Gasteiger partial charge >= 0.3 is 0 Å². The van der Waals surface area contributed by atoms with E-state index in [-0.39, 0.29) is 0 Å². The molecule has 0 bridgehead atoms. The van der Waals surface area contributed by atoms with E-state index in [0.29, 0.717) is 0 Å². The van der Waals surface area contributed by atoms with Crippen LogP contribution in [0.5, 0.6) is 0 Å². The lowest BCUT2D eigenvalue weighted by molar-refractivity contribution is 1.20. The first kappa shape index (κ1) is 11.0. The van der Waals surface area contributed by atoms with Crippen molar-refractivity contribution in [2.75, 3.05) is 11.9 Å². The predicted octanol–water partition coefficient (Wildman–Crippen LogP) is 4.42. The fourth-order valence-corrected chi connectivity index (χ4v) is 1.71. The molecule has 82 valence electrons. The van der Waals surface area contributed by atoms with Crippen molar-refractivity contribution in [3.05, 3.63) is 59.1 Å². The molecule has 0 heterocycles. The molecule has 0 aromatic heterocycles. The summed E-state index contributed by atoms with van der Waals surface area (Å²) in [6.45, 7) is 2.09. The molecule has 0 aliphatic heterocycles. The van der Waals surface area contributed by atoms with Crippen molar-refractivity contribution in [2.24, 2.45) is 0 Å². The van der Waals surface area contributed by atoms with Gasteiger partial charge in [0.05, 0.1) is 0 Å². The van der Waals surface area contributed by atoms with Crippen molar-refractivity contribution in [3.8, 4) is 0 Å². The number of aryl methyl sites for hydroxylation is 1. The first-order valence-electron chi connectivity index (χ1n) is 5.23. The van der Waals surface area contributed by atoms with E-state index in [0.717, 1.165) is 10.7 Å². The summed E-state index contributed by atoms with van der Waals surface area (Å²) in [6.07, 6.45) is 0. The number of hydrogen-bond acceptors (Lipinski definition) is 1. The van der Waals surface area contributed by atoms with Gasteiger partial charge in [-0.25, -0.2) is 0 Å². The maximum Gasteiger partial charge on any atom is 0.0409 e. The number of hydrogen-bond donors (Lipinski definition) is 0. The topological polar surface area (TPSA) is 3.24 Å². The predicted molar refractivity (Wildman–Crippen MR) is 70.7 cm³/mol. The quantitative estimate of drug-likeness (QED) is 0.740. The van der Waals surface area contributed by atoms with Crippen LogP contribution in [0.3, 0.4) is 0 Å². The van der Waals surface area contributed by atoms with Crippen LogP contribution in [-0.4, -0.2) is 7.05 Å². The normalized spacial score (nSPS) is 10.2. The summed E-state index contributed by atoms with van der Waals surface area (Å²) in [4.78, 5) is 2.13. The van der Waals surface area contributed by atoms with Crippen molar-refractivity contribution in [1.29, 1.82) is 0 Å². The highest BCUT2D eigenvalue weighted by atomic mass is 35.5. The van der Waals surface area contributed by atoms with E-state index in [1.807, 2.05) is 31.3 Å². The summed E-state index contributed by atoms with van der Waals surface area (Å²) in [6, 6.07) is 16.3. The summed E-state index contributed by atoms with van der Waals surface area (Å²) in [5.74, 6) is 0. The van der Waals surface area contributed by atoms with Crippen LogP contribution < -0.4 is 4.90 Å².